The highest BCUT2D eigenvalue weighted by molar-refractivity contribution is 7.90. The lowest BCUT2D eigenvalue weighted by Crippen LogP contribution is -2.17. The fourth-order valence-electron chi connectivity index (χ4n) is 3.60. The molecule has 8 heteroatoms. The minimum Gasteiger partial charge on any atom is -0.493 e. The van der Waals surface area contributed by atoms with Crippen molar-refractivity contribution in [3.05, 3.63) is 70.9 Å². The largest absolute Gasteiger partial charge is 0.493 e. The van der Waals surface area contributed by atoms with Crippen LogP contribution in [-0.2, 0) is 16.9 Å². The Labute approximate surface area is 180 Å². The second-order valence-electron chi connectivity index (χ2n) is 7.51. The average Bonchev–Trinajstić information content (AvgIpc) is 3.16. The molecule has 0 atom stereocenters. The van der Waals surface area contributed by atoms with Gasteiger partial charge in [0.1, 0.15) is 5.75 Å². The van der Waals surface area contributed by atoms with Crippen molar-refractivity contribution in [1.82, 2.24) is 14.3 Å². The molecule has 0 bridgehead atoms. The fraction of sp³-hybridized carbons (Fsp3) is 0.217. The van der Waals surface area contributed by atoms with Crippen LogP contribution in [0.25, 0.3) is 27.6 Å². The second kappa shape index (κ2) is 7.70. The van der Waals surface area contributed by atoms with Crippen molar-refractivity contribution in [2.45, 2.75) is 18.7 Å². The van der Waals surface area contributed by atoms with Crippen molar-refractivity contribution in [3.63, 3.8) is 0 Å². The number of aryl methyl sites for hydroxylation is 2. The van der Waals surface area contributed by atoms with E-state index in [-0.39, 0.29) is 10.5 Å². The molecule has 0 radical (unpaired) electrons. The Kier molecular flexibility index (Phi) is 5.18. The number of pyridine rings is 1. The third kappa shape index (κ3) is 3.86. The fourth-order valence-corrected chi connectivity index (χ4v) is 4.24. The van der Waals surface area contributed by atoms with Crippen molar-refractivity contribution in [3.8, 4) is 22.6 Å². The standard InChI is InChI=1S/C23H23N3O4S/c1-5-30-22-9-7-17(31(4,28)29)11-20(22)21-14-25(3)23(27)18-8-6-16(10-19(18)21)26-13-15(2)12-24-26/h6-14H,5H2,1-4H3. The zero-order chi connectivity index (χ0) is 22.3. The molecule has 31 heavy (non-hydrogen) atoms. The molecule has 0 saturated heterocycles. The predicted molar refractivity (Wildman–Crippen MR) is 121 cm³/mol. The summed E-state index contributed by atoms with van der Waals surface area (Å²) in [4.78, 5) is 13.0. The van der Waals surface area contributed by atoms with E-state index in [9.17, 15) is 13.2 Å². The van der Waals surface area contributed by atoms with E-state index in [4.69, 9.17) is 4.74 Å². The van der Waals surface area contributed by atoms with E-state index in [1.54, 1.807) is 42.3 Å². The summed E-state index contributed by atoms with van der Waals surface area (Å²) >= 11 is 0. The van der Waals surface area contributed by atoms with Gasteiger partial charge >= 0.3 is 0 Å². The van der Waals surface area contributed by atoms with Gasteiger partial charge in [-0.3, -0.25) is 4.79 Å². The molecule has 0 fully saturated rings. The first-order valence-corrected chi connectivity index (χ1v) is 11.7. The number of hydrogen-bond acceptors (Lipinski definition) is 5. The Morgan fingerprint density at radius 3 is 2.45 bits per heavy atom. The third-order valence-electron chi connectivity index (χ3n) is 5.11. The highest BCUT2D eigenvalue weighted by Gasteiger charge is 2.18. The third-order valence-corrected chi connectivity index (χ3v) is 6.22. The Bertz CT molecular complexity index is 1470. The molecule has 7 nitrogen and oxygen atoms in total. The Hall–Kier alpha value is -3.39. The van der Waals surface area contributed by atoms with Crippen molar-refractivity contribution in [2.75, 3.05) is 12.9 Å². The molecule has 0 aliphatic carbocycles. The van der Waals surface area contributed by atoms with Crippen LogP contribution in [0, 0.1) is 6.92 Å². The van der Waals surface area contributed by atoms with Gasteiger partial charge in [0.15, 0.2) is 9.84 Å². The summed E-state index contributed by atoms with van der Waals surface area (Å²) in [6.07, 6.45) is 6.55. The first-order chi connectivity index (χ1) is 14.7. The summed E-state index contributed by atoms with van der Waals surface area (Å²) in [5.41, 5.74) is 2.99. The molecule has 2 heterocycles. The van der Waals surface area contributed by atoms with Gasteiger partial charge in [-0.2, -0.15) is 5.10 Å². The Morgan fingerprint density at radius 1 is 1.03 bits per heavy atom. The van der Waals surface area contributed by atoms with Crippen LogP contribution in [0.4, 0.5) is 0 Å². The molecule has 0 amide bonds. The van der Waals surface area contributed by atoms with Gasteiger partial charge < -0.3 is 9.30 Å². The molecule has 0 aliphatic rings. The SMILES string of the molecule is CCOc1ccc(S(C)(=O)=O)cc1-c1cn(C)c(=O)c2ccc(-n3cc(C)cn3)cc12. The monoisotopic (exact) mass is 437 g/mol. The average molecular weight is 438 g/mol. The first-order valence-electron chi connectivity index (χ1n) is 9.81. The van der Waals surface area contributed by atoms with E-state index in [1.807, 2.05) is 32.2 Å². The zero-order valence-electron chi connectivity index (χ0n) is 17.8. The number of hydrogen-bond donors (Lipinski definition) is 0. The van der Waals surface area contributed by atoms with E-state index in [2.05, 4.69) is 5.10 Å². The lowest BCUT2D eigenvalue weighted by Gasteiger charge is -2.16. The minimum atomic E-state index is -3.42. The predicted octanol–water partition coefficient (Wildman–Crippen LogP) is 3.50. The molecule has 2 aromatic carbocycles. The number of rotatable bonds is 5. The molecule has 0 unspecified atom stereocenters. The van der Waals surface area contributed by atoms with Gasteiger partial charge in [0.25, 0.3) is 5.56 Å². The van der Waals surface area contributed by atoms with E-state index in [0.29, 0.717) is 34.3 Å². The van der Waals surface area contributed by atoms with Gasteiger partial charge in [-0.1, -0.05) is 0 Å². The molecular weight excluding hydrogens is 414 g/mol. The van der Waals surface area contributed by atoms with Crippen LogP contribution in [-0.4, -0.2) is 35.6 Å². The van der Waals surface area contributed by atoms with Crippen molar-refractivity contribution >= 4 is 20.6 Å². The summed E-state index contributed by atoms with van der Waals surface area (Å²) in [6.45, 7) is 4.24. The van der Waals surface area contributed by atoms with E-state index < -0.39 is 9.84 Å². The smallest absolute Gasteiger partial charge is 0.258 e. The van der Waals surface area contributed by atoms with Gasteiger partial charge in [-0.15, -0.1) is 0 Å². The van der Waals surface area contributed by atoms with Gasteiger partial charge in [0, 0.05) is 42.2 Å². The summed E-state index contributed by atoms with van der Waals surface area (Å²) in [5, 5.41) is 5.58. The molecule has 4 aromatic rings. The number of fused-ring (bicyclic) bond motifs is 1. The normalized spacial score (nSPS) is 11.7. The van der Waals surface area contributed by atoms with E-state index in [1.165, 1.54) is 16.9 Å². The van der Waals surface area contributed by atoms with Crippen LogP contribution in [0.5, 0.6) is 5.75 Å². The van der Waals surface area contributed by atoms with E-state index in [0.717, 1.165) is 11.3 Å². The maximum Gasteiger partial charge on any atom is 0.258 e. The van der Waals surface area contributed by atoms with Crippen LogP contribution in [0.1, 0.15) is 12.5 Å². The van der Waals surface area contributed by atoms with Gasteiger partial charge in [-0.05, 0) is 61.2 Å². The maximum absolute atomic E-state index is 12.8. The summed E-state index contributed by atoms with van der Waals surface area (Å²) in [6, 6.07) is 10.3. The molecule has 0 aliphatic heterocycles. The van der Waals surface area contributed by atoms with E-state index >= 15 is 0 Å². The maximum atomic E-state index is 12.8. The summed E-state index contributed by atoms with van der Waals surface area (Å²) in [7, 11) is -1.75. The van der Waals surface area contributed by atoms with Crippen LogP contribution in [0.15, 0.2) is 64.7 Å². The lowest BCUT2D eigenvalue weighted by molar-refractivity contribution is 0.341. The molecule has 0 spiro atoms. The first kappa shape index (κ1) is 20.9. The molecular formula is C23H23N3O4S. The molecule has 0 N–H and O–H groups in total. The summed E-state index contributed by atoms with van der Waals surface area (Å²) in [5.74, 6) is 0.551. The number of nitrogens with zero attached hydrogens (tertiary/aromatic N) is 3. The quantitative estimate of drug-likeness (QED) is 0.477. The Balaban J connectivity index is 2.07. The van der Waals surface area contributed by atoms with Crippen molar-refractivity contribution < 1.29 is 13.2 Å². The molecule has 4 rings (SSSR count). The van der Waals surface area contributed by atoms with Crippen molar-refractivity contribution in [1.29, 1.82) is 0 Å². The second-order valence-corrected chi connectivity index (χ2v) is 9.53. The number of aromatic nitrogens is 3. The van der Waals surface area contributed by atoms with Crippen LogP contribution in [0.2, 0.25) is 0 Å². The minimum absolute atomic E-state index is 0.140. The topological polar surface area (TPSA) is 83.2 Å². The van der Waals surface area contributed by atoms with Gasteiger partial charge in [0.2, 0.25) is 0 Å². The van der Waals surface area contributed by atoms with Crippen LogP contribution in [0.3, 0.4) is 0 Å². The summed E-state index contributed by atoms with van der Waals surface area (Å²) < 4.78 is 33.4. The lowest BCUT2D eigenvalue weighted by atomic mass is 9.99. The molecule has 0 saturated carbocycles. The number of sulfone groups is 1. The highest BCUT2D eigenvalue weighted by Crippen LogP contribution is 2.36. The zero-order valence-corrected chi connectivity index (χ0v) is 18.6. The number of benzene rings is 2. The van der Waals surface area contributed by atoms with Crippen LogP contribution < -0.4 is 10.3 Å². The number of ether oxygens (including phenoxy) is 1. The Morgan fingerprint density at radius 2 is 1.81 bits per heavy atom. The molecule has 2 aromatic heterocycles. The highest BCUT2D eigenvalue weighted by atomic mass is 32.2. The van der Waals surface area contributed by atoms with Crippen LogP contribution >= 0.6 is 0 Å². The van der Waals surface area contributed by atoms with Gasteiger partial charge in [-0.25, -0.2) is 13.1 Å². The van der Waals surface area contributed by atoms with Crippen molar-refractivity contribution in [2.24, 2.45) is 7.05 Å². The van der Waals surface area contributed by atoms with Gasteiger partial charge in [0.05, 0.1) is 23.4 Å². The molecule has 160 valence electrons.